The number of alkyl halides is 2. The van der Waals surface area contributed by atoms with Crippen LogP contribution in [-0.4, -0.2) is 78.0 Å². The van der Waals surface area contributed by atoms with Crippen LogP contribution in [0.2, 0.25) is 0 Å². The van der Waals surface area contributed by atoms with Crippen molar-refractivity contribution in [2.45, 2.75) is 97.2 Å². The zero-order chi connectivity index (χ0) is 20.5. The molecule has 28 heavy (non-hydrogen) atoms. The molecule has 4 rings (SSSR count). The average Bonchev–Trinajstić information content (AvgIpc) is 2.51. The molecule has 4 aliphatic rings. The largest absolute Gasteiger partial charge is 0.298 e. The minimum Gasteiger partial charge on any atom is -0.298 e. The maximum absolute atomic E-state index is 14.9. The monoisotopic (exact) mass is 399 g/mol. The van der Waals surface area contributed by atoms with Gasteiger partial charge in [-0.1, -0.05) is 27.2 Å². The van der Waals surface area contributed by atoms with E-state index in [4.69, 9.17) is 0 Å². The van der Waals surface area contributed by atoms with E-state index >= 15 is 0 Å². The van der Waals surface area contributed by atoms with Crippen LogP contribution in [0.3, 0.4) is 0 Å². The lowest BCUT2D eigenvalue weighted by molar-refractivity contribution is -0.161. The smallest absolute Gasteiger partial charge is 0.275 e. The zero-order valence-corrected chi connectivity index (χ0v) is 18.9. The van der Waals surface area contributed by atoms with Gasteiger partial charge in [0.2, 0.25) is 0 Å². The molecule has 1 spiro atoms. The summed E-state index contributed by atoms with van der Waals surface area (Å²) in [5.74, 6) is -1.72. The molecule has 2 heterocycles. The molecule has 2 aliphatic heterocycles. The molecule has 0 radical (unpaired) electrons. The van der Waals surface area contributed by atoms with Crippen molar-refractivity contribution < 1.29 is 8.78 Å². The van der Waals surface area contributed by atoms with Gasteiger partial charge in [-0.25, -0.2) is 8.78 Å². The lowest BCUT2D eigenvalue weighted by Gasteiger charge is -2.59. The first-order valence-electron chi connectivity index (χ1n) is 11.7. The Morgan fingerprint density at radius 1 is 0.821 bits per heavy atom. The van der Waals surface area contributed by atoms with Gasteiger partial charge in [-0.05, 0) is 57.3 Å². The lowest BCUT2D eigenvalue weighted by Crippen LogP contribution is -2.65. The molecular weight excluding hydrogens is 356 g/mol. The summed E-state index contributed by atoms with van der Waals surface area (Å²) in [7, 11) is 0. The van der Waals surface area contributed by atoms with E-state index in [1.54, 1.807) is 0 Å². The van der Waals surface area contributed by atoms with Gasteiger partial charge in [0.25, 0.3) is 5.92 Å². The number of piperazine rings is 1. The fourth-order valence-corrected chi connectivity index (χ4v) is 5.56. The second kappa shape index (κ2) is 8.85. The van der Waals surface area contributed by atoms with Crippen LogP contribution in [0.15, 0.2) is 0 Å². The van der Waals surface area contributed by atoms with Gasteiger partial charge in [-0.15, -0.1) is 0 Å². The molecule has 4 fully saturated rings. The molecule has 2 saturated heterocycles. The number of likely N-dealkylation sites (tertiary alicyclic amines) is 1. The molecule has 1 atom stereocenters. The maximum Gasteiger partial charge on any atom is 0.275 e. The Kier molecular flexibility index (Phi) is 7.09. The molecule has 0 aromatic heterocycles. The van der Waals surface area contributed by atoms with Crippen LogP contribution in [-0.2, 0) is 0 Å². The van der Waals surface area contributed by atoms with Crippen molar-refractivity contribution in [1.29, 1.82) is 0 Å². The van der Waals surface area contributed by atoms with Crippen molar-refractivity contribution in [1.82, 2.24) is 14.7 Å². The SMILES string of the molecule is CC(C)C.CC(C)N1CCN(C2CCN(C3CC4(CCC4)C3)CC2(F)F)CC1. The summed E-state index contributed by atoms with van der Waals surface area (Å²) in [5.41, 5.74) is 0.573. The van der Waals surface area contributed by atoms with E-state index in [9.17, 15) is 8.78 Å². The first-order chi connectivity index (χ1) is 13.1. The number of hydrogen-bond acceptors (Lipinski definition) is 3. The summed E-state index contributed by atoms with van der Waals surface area (Å²) in [6, 6.07) is 0.419. The van der Waals surface area contributed by atoms with E-state index in [2.05, 4.69) is 49.3 Å². The standard InChI is InChI=1S/C19H33F2N3.C4H10/c1-15(2)22-8-10-23(11-9-22)17-4-7-24(14-19(17,20)21)16-12-18(13-16)5-3-6-18;1-4(2)3/h15-17H,3-14H2,1-2H3;4H,1-3H3. The van der Waals surface area contributed by atoms with Gasteiger partial charge in [-0.3, -0.25) is 14.7 Å². The molecule has 5 heteroatoms. The third kappa shape index (κ3) is 5.07. The molecule has 0 N–H and O–H groups in total. The van der Waals surface area contributed by atoms with Crippen LogP contribution in [0.1, 0.15) is 73.1 Å². The number of rotatable bonds is 3. The number of nitrogens with zero attached hydrogens (tertiary/aromatic N) is 3. The van der Waals surface area contributed by atoms with E-state index in [1.807, 2.05) is 0 Å². The van der Waals surface area contributed by atoms with Crippen LogP contribution >= 0.6 is 0 Å². The van der Waals surface area contributed by atoms with Crippen molar-refractivity contribution in [2.24, 2.45) is 11.3 Å². The van der Waals surface area contributed by atoms with Crippen LogP contribution in [0, 0.1) is 11.3 Å². The molecule has 3 nitrogen and oxygen atoms in total. The second-order valence-electron chi connectivity index (χ2n) is 10.8. The summed E-state index contributed by atoms with van der Waals surface area (Å²) >= 11 is 0. The molecule has 0 aromatic rings. The Hall–Kier alpha value is -0.260. The Bertz CT molecular complexity index is 485. The maximum atomic E-state index is 14.9. The van der Waals surface area contributed by atoms with Gasteiger partial charge in [0.1, 0.15) is 0 Å². The van der Waals surface area contributed by atoms with E-state index in [0.717, 1.165) is 38.6 Å². The van der Waals surface area contributed by atoms with Gasteiger partial charge >= 0.3 is 0 Å². The molecule has 164 valence electrons. The van der Waals surface area contributed by atoms with Gasteiger partial charge in [0, 0.05) is 44.8 Å². The van der Waals surface area contributed by atoms with Crippen LogP contribution in [0.5, 0.6) is 0 Å². The van der Waals surface area contributed by atoms with Crippen molar-refractivity contribution in [2.75, 3.05) is 39.3 Å². The normalized spacial score (nSPS) is 31.4. The summed E-state index contributed by atoms with van der Waals surface area (Å²) in [4.78, 5) is 6.59. The van der Waals surface area contributed by atoms with Gasteiger partial charge in [0.05, 0.1) is 12.6 Å². The van der Waals surface area contributed by atoms with E-state index in [0.29, 0.717) is 23.9 Å². The molecule has 0 amide bonds. The van der Waals surface area contributed by atoms with Crippen molar-refractivity contribution >= 4 is 0 Å². The molecule has 0 aromatic carbocycles. The molecule has 0 bridgehead atoms. The first kappa shape index (κ1) is 22.4. The van der Waals surface area contributed by atoms with E-state index in [1.165, 1.54) is 32.1 Å². The average molecular weight is 400 g/mol. The van der Waals surface area contributed by atoms with Gasteiger partial charge in [-0.2, -0.15) is 0 Å². The van der Waals surface area contributed by atoms with Crippen LogP contribution < -0.4 is 0 Å². The summed E-state index contributed by atoms with van der Waals surface area (Å²) in [6.07, 6.45) is 7.04. The first-order valence-corrected chi connectivity index (χ1v) is 11.7. The Morgan fingerprint density at radius 3 is 1.82 bits per heavy atom. The number of halogens is 2. The number of hydrogen-bond donors (Lipinski definition) is 0. The molecule has 1 unspecified atom stereocenters. The summed E-state index contributed by atoms with van der Waals surface area (Å²) < 4.78 is 29.7. The molecular formula is C23H43F2N3. The van der Waals surface area contributed by atoms with Crippen LogP contribution in [0.25, 0.3) is 0 Å². The third-order valence-electron chi connectivity index (χ3n) is 7.38. The Labute approximate surface area is 171 Å². The predicted octanol–water partition coefficient (Wildman–Crippen LogP) is 4.72. The van der Waals surface area contributed by atoms with E-state index in [-0.39, 0.29) is 6.54 Å². The van der Waals surface area contributed by atoms with Crippen molar-refractivity contribution in [3.63, 3.8) is 0 Å². The summed E-state index contributed by atoms with van der Waals surface area (Å²) in [6.45, 7) is 15.2. The quantitative estimate of drug-likeness (QED) is 0.680. The minimum atomic E-state index is -2.55. The number of piperidine rings is 1. The predicted molar refractivity (Wildman–Crippen MR) is 113 cm³/mol. The topological polar surface area (TPSA) is 9.72 Å². The third-order valence-corrected chi connectivity index (χ3v) is 7.38. The van der Waals surface area contributed by atoms with Crippen molar-refractivity contribution in [3.05, 3.63) is 0 Å². The molecule has 2 aliphatic carbocycles. The highest BCUT2D eigenvalue weighted by Gasteiger charge is 2.54. The van der Waals surface area contributed by atoms with Gasteiger partial charge in [0.15, 0.2) is 0 Å². The van der Waals surface area contributed by atoms with Gasteiger partial charge < -0.3 is 0 Å². The Balaban J connectivity index is 0.000000516. The van der Waals surface area contributed by atoms with Crippen LogP contribution in [0.4, 0.5) is 8.78 Å². The highest BCUT2D eigenvalue weighted by molar-refractivity contribution is 5.05. The summed E-state index contributed by atoms with van der Waals surface area (Å²) in [5, 5.41) is 0. The van der Waals surface area contributed by atoms with E-state index < -0.39 is 12.0 Å². The highest BCUT2D eigenvalue weighted by Crippen LogP contribution is 2.57. The minimum absolute atomic E-state index is 0.0111. The fourth-order valence-electron chi connectivity index (χ4n) is 5.56. The second-order valence-corrected chi connectivity index (χ2v) is 10.8. The molecule has 2 saturated carbocycles. The Morgan fingerprint density at radius 2 is 1.39 bits per heavy atom. The lowest BCUT2D eigenvalue weighted by atomic mass is 9.53. The fraction of sp³-hybridized carbons (Fsp3) is 1.00. The highest BCUT2D eigenvalue weighted by atomic mass is 19.3. The van der Waals surface area contributed by atoms with Crippen molar-refractivity contribution in [3.8, 4) is 0 Å². The zero-order valence-electron chi connectivity index (χ0n) is 18.9.